The minimum Gasteiger partial charge on any atom is -0.464 e. The maximum Gasteiger partial charge on any atom is 0.354 e. The minimum atomic E-state index is -0.258. The number of hydrogen-bond acceptors (Lipinski definition) is 2. The zero-order valence-corrected chi connectivity index (χ0v) is 8.82. The highest BCUT2D eigenvalue weighted by Gasteiger charge is 2.09. The van der Waals surface area contributed by atoms with E-state index in [1.165, 1.54) is 20.0 Å². The van der Waals surface area contributed by atoms with E-state index in [2.05, 4.69) is 11.7 Å². The van der Waals surface area contributed by atoms with Gasteiger partial charge in [0.2, 0.25) is 0 Å². The van der Waals surface area contributed by atoms with Crippen molar-refractivity contribution in [1.82, 2.24) is 4.57 Å². The molecule has 0 atom stereocenters. The lowest BCUT2D eigenvalue weighted by molar-refractivity contribution is 0.0588. The second kappa shape index (κ2) is 5.47. The smallest absolute Gasteiger partial charge is 0.354 e. The first-order valence-electron chi connectivity index (χ1n) is 5.03. The van der Waals surface area contributed by atoms with Gasteiger partial charge in [-0.15, -0.1) is 0 Å². The molecule has 0 aromatic carbocycles. The minimum absolute atomic E-state index is 0.258. The Labute approximate surface area is 84.7 Å². The van der Waals surface area contributed by atoms with Crippen molar-refractivity contribution in [2.45, 2.75) is 32.7 Å². The Morgan fingerprint density at radius 1 is 1.50 bits per heavy atom. The molecule has 1 aromatic rings. The highest BCUT2D eigenvalue weighted by atomic mass is 16.5. The molecule has 0 aliphatic heterocycles. The number of rotatable bonds is 5. The van der Waals surface area contributed by atoms with Crippen LogP contribution in [0.3, 0.4) is 0 Å². The van der Waals surface area contributed by atoms with Crippen molar-refractivity contribution in [1.29, 1.82) is 0 Å². The number of carbonyl (C=O) groups is 1. The van der Waals surface area contributed by atoms with Crippen LogP contribution in [0.15, 0.2) is 18.3 Å². The molecule has 0 aliphatic rings. The van der Waals surface area contributed by atoms with E-state index in [1.54, 1.807) is 6.07 Å². The fourth-order valence-electron chi connectivity index (χ4n) is 1.43. The monoisotopic (exact) mass is 195 g/mol. The van der Waals surface area contributed by atoms with Gasteiger partial charge in [-0.2, -0.15) is 0 Å². The Morgan fingerprint density at radius 2 is 2.29 bits per heavy atom. The molecule has 78 valence electrons. The lowest BCUT2D eigenvalue weighted by Crippen LogP contribution is -2.09. The van der Waals surface area contributed by atoms with Gasteiger partial charge in [-0.3, -0.25) is 0 Å². The van der Waals surface area contributed by atoms with Crippen molar-refractivity contribution in [2.75, 3.05) is 7.11 Å². The molecule has 0 N–H and O–H groups in total. The molecule has 3 nitrogen and oxygen atoms in total. The average Bonchev–Trinajstić information content (AvgIpc) is 2.65. The van der Waals surface area contributed by atoms with Crippen LogP contribution < -0.4 is 0 Å². The predicted octanol–water partition coefficient (Wildman–Crippen LogP) is 2.46. The van der Waals surface area contributed by atoms with E-state index in [9.17, 15) is 4.79 Å². The quantitative estimate of drug-likeness (QED) is 0.534. The average molecular weight is 195 g/mol. The number of ether oxygens (including phenoxy) is 1. The van der Waals surface area contributed by atoms with E-state index < -0.39 is 0 Å². The zero-order chi connectivity index (χ0) is 10.4. The summed E-state index contributed by atoms with van der Waals surface area (Å²) >= 11 is 0. The number of unbranched alkanes of at least 4 members (excludes halogenated alkanes) is 2. The molecule has 0 radical (unpaired) electrons. The Morgan fingerprint density at radius 3 is 2.93 bits per heavy atom. The number of esters is 1. The van der Waals surface area contributed by atoms with Crippen molar-refractivity contribution >= 4 is 5.97 Å². The van der Waals surface area contributed by atoms with Gasteiger partial charge in [0.15, 0.2) is 0 Å². The summed E-state index contributed by atoms with van der Waals surface area (Å²) in [4.78, 5) is 11.3. The molecular formula is C11H17NO2. The number of hydrogen-bond donors (Lipinski definition) is 0. The van der Waals surface area contributed by atoms with Crippen molar-refractivity contribution < 1.29 is 9.53 Å². The van der Waals surface area contributed by atoms with Crippen LogP contribution in [0, 0.1) is 0 Å². The Hall–Kier alpha value is -1.25. The van der Waals surface area contributed by atoms with E-state index in [1.807, 2.05) is 16.8 Å². The summed E-state index contributed by atoms with van der Waals surface area (Å²) in [5, 5.41) is 0. The summed E-state index contributed by atoms with van der Waals surface area (Å²) in [7, 11) is 1.41. The highest BCUT2D eigenvalue weighted by Crippen LogP contribution is 2.06. The molecular weight excluding hydrogens is 178 g/mol. The molecule has 1 heterocycles. The van der Waals surface area contributed by atoms with Crippen LogP contribution in [0.2, 0.25) is 0 Å². The number of nitrogens with zero attached hydrogens (tertiary/aromatic N) is 1. The highest BCUT2D eigenvalue weighted by molar-refractivity contribution is 5.87. The molecule has 0 fully saturated rings. The topological polar surface area (TPSA) is 31.2 Å². The van der Waals surface area contributed by atoms with Gasteiger partial charge in [-0.1, -0.05) is 19.8 Å². The molecule has 0 saturated heterocycles. The molecule has 3 heteroatoms. The van der Waals surface area contributed by atoms with Gasteiger partial charge >= 0.3 is 5.97 Å². The first-order valence-corrected chi connectivity index (χ1v) is 5.03. The van der Waals surface area contributed by atoms with Crippen LogP contribution in [-0.2, 0) is 11.3 Å². The van der Waals surface area contributed by atoms with Crippen molar-refractivity contribution in [3.05, 3.63) is 24.0 Å². The Balaban J connectivity index is 2.58. The standard InChI is InChI=1S/C11H17NO2/c1-3-4-5-8-12-9-6-7-10(12)11(13)14-2/h6-7,9H,3-5,8H2,1-2H3. The first-order chi connectivity index (χ1) is 6.79. The van der Waals surface area contributed by atoms with Gasteiger partial charge < -0.3 is 9.30 Å². The van der Waals surface area contributed by atoms with E-state index >= 15 is 0 Å². The summed E-state index contributed by atoms with van der Waals surface area (Å²) < 4.78 is 6.63. The molecule has 14 heavy (non-hydrogen) atoms. The molecule has 0 unspecified atom stereocenters. The summed E-state index contributed by atoms with van der Waals surface area (Å²) in [5.74, 6) is -0.258. The maximum atomic E-state index is 11.3. The van der Waals surface area contributed by atoms with E-state index in [0.717, 1.165) is 13.0 Å². The SMILES string of the molecule is CCCCCn1cccc1C(=O)OC. The van der Waals surface area contributed by atoms with Crippen LogP contribution in [0.25, 0.3) is 0 Å². The van der Waals surface area contributed by atoms with Gasteiger partial charge in [0, 0.05) is 12.7 Å². The second-order valence-corrected chi connectivity index (χ2v) is 3.29. The molecule has 1 rings (SSSR count). The summed E-state index contributed by atoms with van der Waals surface area (Å²) in [6, 6.07) is 3.66. The van der Waals surface area contributed by atoms with Crippen molar-refractivity contribution in [2.24, 2.45) is 0 Å². The van der Waals surface area contributed by atoms with Gasteiger partial charge in [0.1, 0.15) is 5.69 Å². The van der Waals surface area contributed by atoms with Crippen LogP contribution in [-0.4, -0.2) is 17.6 Å². The Bertz CT molecular complexity index is 291. The van der Waals surface area contributed by atoms with Gasteiger partial charge in [-0.05, 0) is 18.6 Å². The van der Waals surface area contributed by atoms with E-state index in [4.69, 9.17) is 0 Å². The van der Waals surface area contributed by atoms with E-state index in [0.29, 0.717) is 5.69 Å². The van der Waals surface area contributed by atoms with Crippen LogP contribution in [0.4, 0.5) is 0 Å². The van der Waals surface area contributed by atoms with Gasteiger partial charge in [-0.25, -0.2) is 4.79 Å². The largest absolute Gasteiger partial charge is 0.464 e. The third kappa shape index (κ3) is 2.62. The predicted molar refractivity (Wildman–Crippen MR) is 55.3 cm³/mol. The normalized spacial score (nSPS) is 10.1. The van der Waals surface area contributed by atoms with Crippen molar-refractivity contribution in [3.63, 3.8) is 0 Å². The fraction of sp³-hybridized carbons (Fsp3) is 0.545. The lowest BCUT2D eigenvalue weighted by Gasteiger charge is -2.06. The molecule has 1 aromatic heterocycles. The third-order valence-electron chi connectivity index (χ3n) is 2.23. The number of methoxy groups -OCH3 is 1. The lowest BCUT2D eigenvalue weighted by atomic mass is 10.2. The number of aryl methyl sites for hydroxylation is 1. The molecule has 0 aliphatic carbocycles. The molecule has 0 amide bonds. The summed E-state index contributed by atoms with van der Waals surface area (Å²) in [6.45, 7) is 3.06. The zero-order valence-electron chi connectivity index (χ0n) is 8.82. The van der Waals surface area contributed by atoms with Gasteiger partial charge in [0.25, 0.3) is 0 Å². The summed E-state index contributed by atoms with van der Waals surface area (Å²) in [5.41, 5.74) is 0.642. The summed E-state index contributed by atoms with van der Waals surface area (Å²) in [6.07, 6.45) is 5.41. The molecule has 0 bridgehead atoms. The number of aromatic nitrogens is 1. The van der Waals surface area contributed by atoms with Gasteiger partial charge in [0.05, 0.1) is 7.11 Å². The molecule has 0 spiro atoms. The number of carbonyl (C=O) groups excluding carboxylic acids is 1. The van der Waals surface area contributed by atoms with E-state index in [-0.39, 0.29) is 5.97 Å². The first kappa shape index (κ1) is 10.8. The van der Waals surface area contributed by atoms with Crippen molar-refractivity contribution in [3.8, 4) is 0 Å². The third-order valence-corrected chi connectivity index (χ3v) is 2.23. The Kier molecular flexibility index (Phi) is 4.23. The van der Waals surface area contributed by atoms with Crippen LogP contribution in [0.5, 0.6) is 0 Å². The van der Waals surface area contributed by atoms with Crippen LogP contribution >= 0.6 is 0 Å². The maximum absolute atomic E-state index is 11.3. The van der Waals surface area contributed by atoms with Crippen LogP contribution in [0.1, 0.15) is 36.7 Å². The fourth-order valence-corrected chi connectivity index (χ4v) is 1.43. The molecule has 0 saturated carbocycles. The second-order valence-electron chi connectivity index (χ2n) is 3.29.